The summed E-state index contributed by atoms with van der Waals surface area (Å²) in [4.78, 5) is 59.3. The predicted molar refractivity (Wildman–Crippen MR) is 194 cm³/mol. The lowest BCUT2D eigenvalue weighted by Crippen LogP contribution is -2.59. The number of hydrogen-bond acceptors (Lipinski definition) is 10. The first-order valence-corrected chi connectivity index (χ1v) is 17.1. The summed E-state index contributed by atoms with van der Waals surface area (Å²) in [6.07, 6.45) is 8.86. The number of nitrogens with zero attached hydrogens (tertiary/aromatic N) is 3. The first-order valence-electron chi connectivity index (χ1n) is 17.1. The number of carbonyl (C=O) groups excluding carboxylic acids is 4. The summed E-state index contributed by atoms with van der Waals surface area (Å²) in [6, 6.07) is 11.5. The van der Waals surface area contributed by atoms with Crippen molar-refractivity contribution in [3.8, 4) is 0 Å². The Balaban J connectivity index is 2.14. The summed E-state index contributed by atoms with van der Waals surface area (Å²) < 4.78 is 18.1. The van der Waals surface area contributed by atoms with Gasteiger partial charge in [0.05, 0.1) is 31.2 Å². The van der Waals surface area contributed by atoms with Crippen LogP contribution < -0.4 is 21.3 Å². The summed E-state index contributed by atoms with van der Waals surface area (Å²) in [5.41, 5.74) is 0.677. The number of aromatic nitrogens is 2. The van der Waals surface area contributed by atoms with Crippen LogP contribution in [0.5, 0.6) is 0 Å². The van der Waals surface area contributed by atoms with Gasteiger partial charge in [-0.2, -0.15) is 0 Å². The molecule has 2 aromatic heterocycles. The maximum absolute atomic E-state index is 13.7. The van der Waals surface area contributed by atoms with Gasteiger partial charge in [-0.1, -0.05) is 31.9 Å². The molecule has 0 saturated heterocycles. The fourth-order valence-corrected chi connectivity index (χ4v) is 4.68. The van der Waals surface area contributed by atoms with Crippen molar-refractivity contribution in [2.45, 2.75) is 44.3 Å². The van der Waals surface area contributed by atoms with Crippen LogP contribution in [0.15, 0.2) is 86.8 Å². The Kier molecular flexibility index (Phi) is 21.7. The van der Waals surface area contributed by atoms with E-state index in [9.17, 15) is 19.2 Å². The second kappa shape index (κ2) is 26.1. The van der Waals surface area contributed by atoms with Crippen LogP contribution in [0.3, 0.4) is 0 Å². The van der Waals surface area contributed by atoms with Gasteiger partial charge in [0.2, 0.25) is 23.6 Å². The van der Waals surface area contributed by atoms with Crippen molar-refractivity contribution < 1.29 is 33.4 Å². The fraction of sp³-hybridized carbons (Fsp3) is 0.459. The molecular weight excluding hydrogens is 654 g/mol. The van der Waals surface area contributed by atoms with E-state index in [-0.39, 0.29) is 49.9 Å². The monoisotopic (exact) mass is 707 g/mol. The number of nitrogens with one attached hydrogen (secondary N) is 4. The topological polar surface area (TPSA) is 173 Å². The van der Waals surface area contributed by atoms with Crippen LogP contribution in [0.4, 0.5) is 0 Å². The van der Waals surface area contributed by atoms with Crippen molar-refractivity contribution in [2.24, 2.45) is 0 Å². The highest BCUT2D eigenvalue weighted by Gasteiger charge is 2.34. The minimum absolute atomic E-state index is 0.0696. The molecule has 0 aliphatic rings. The zero-order valence-electron chi connectivity index (χ0n) is 29.5. The van der Waals surface area contributed by atoms with Crippen LogP contribution in [0.2, 0.25) is 0 Å². The molecule has 0 atom stereocenters. The van der Waals surface area contributed by atoms with Gasteiger partial charge in [0.15, 0.2) is 0 Å². The number of hydrogen-bond donors (Lipinski definition) is 4. The Labute approximate surface area is 301 Å². The SMILES string of the molecule is C=CC(=O)NCCCOCC(COCCCNC(=O)C=C)(COCCCNC(=O)C=C)NC(=O)CCN(Cc1ccccn1)Cc1ccccn1. The van der Waals surface area contributed by atoms with Crippen molar-refractivity contribution in [3.63, 3.8) is 0 Å². The van der Waals surface area contributed by atoms with Gasteiger partial charge in [0.1, 0.15) is 5.54 Å². The second-order valence-corrected chi connectivity index (χ2v) is 11.6. The first-order chi connectivity index (χ1) is 24.8. The third-order valence-corrected chi connectivity index (χ3v) is 7.27. The summed E-state index contributed by atoms with van der Waals surface area (Å²) >= 11 is 0. The van der Waals surface area contributed by atoms with E-state index in [4.69, 9.17) is 14.2 Å². The first kappa shape index (κ1) is 42.4. The molecule has 0 radical (unpaired) electrons. The van der Waals surface area contributed by atoms with E-state index < -0.39 is 5.54 Å². The fourth-order valence-electron chi connectivity index (χ4n) is 4.68. The van der Waals surface area contributed by atoms with Crippen LogP contribution in [-0.4, -0.2) is 110 Å². The van der Waals surface area contributed by atoms with Gasteiger partial charge >= 0.3 is 0 Å². The highest BCUT2D eigenvalue weighted by atomic mass is 16.5. The molecule has 0 spiro atoms. The van der Waals surface area contributed by atoms with Crippen molar-refractivity contribution in [1.29, 1.82) is 0 Å². The minimum atomic E-state index is -1.07. The van der Waals surface area contributed by atoms with E-state index in [0.717, 1.165) is 11.4 Å². The molecule has 14 nitrogen and oxygen atoms in total. The Bertz CT molecular complexity index is 1220. The largest absolute Gasteiger partial charge is 0.379 e. The molecular formula is C37H53N7O7. The molecule has 0 aliphatic carbocycles. The van der Waals surface area contributed by atoms with Gasteiger partial charge in [-0.05, 0) is 61.8 Å². The smallest absolute Gasteiger partial charge is 0.243 e. The lowest BCUT2D eigenvalue weighted by Gasteiger charge is -2.34. The molecule has 0 bridgehead atoms. The van der Waals surface area contributed by atoms with Crippen molar-refractivity contribution in [1.82, 2.24) is 36.1 Å². The van der Waals surface area contributed by atoms with Crippen molar-refractivity contribution in [3.05, 3.63) is 98.1 Å². The highest BCUT2D eigenvalue weighted by Crippen LogP contribution is 2.13. The molecule has 4 N–H and O–H groups in total. The normalized spacial score (nSPS) is 11.0. The Hall–Kier alpha value is -4.76. The lowest BCUT2D eigenvalue weighted by molar-refractivity contribution is -0.128. The molecule has 0 saturated carbocycles. The molecule has 2 heterocycles. The van der Waals surface area contributed by atoms with E-state index in [1.54, 1.807) is 12.4 Å². The van der Waals surface area contributed by atoms with Gasteiger partial charge in [0.25, 0.3) is 0 Å². The molecule has 51 heavy (non-hydrogen) atoms. The molecule has 2 aromatic rings. The van der Waals surface area contributed by atoms with Crippen molar-refractivity contribution >= 4 is 23.6 Å². The van der Waals surface area contributed by atoms with E-state index in [1.807, 2.05) is 36.4 Å². The molecule has 0 unspecified atom stereocenters. The number of pyridine rings is 2. The summed E-state index contributed by atoms with van der Waals surface area (Å²) in [7, 11) is 0. The number of carbonyl (C=O) groups is 4. The number of ether oxygens (including phenoxy) is 3. The second-order valence-electron chi connectivity index (χ2n) is 11.6. The maximum Gasteiger partial charge on any atom is 0.243 e. The molecule has 0 aliphatic heterocycles. The third-order valence-electron chi connectivity index (χ3n) is 7.27. The molecule has 2 rings (SSSR count). The van der Waals surface area contributed by atoms with Gasteiger partial charge in [-0.15, -0.1) is 0 Å². The van der Waals surface area contributed by atoms with Gasteiger partial charge < -0.3 is 35.5 Å². The summed E-state index contributed by atoms with van der Waals surface area (Å²) in [5.74, 6) is -1.04. The van der Waals surface area contributed by atoms with Gasteiger partial charge in [-0.3, -0.25) is 34.0 Å². The summed E-state index contributed by atoms with van der Waals surface area (Å²) in [6.45, 7) is 14.1. The standard InChI is InChI=1S/C37H53N7O7/c1-4-33(45)40-19-11-23-49-28-37(29-50-24-12-20-41-34(46)5-2,30-51-25-13-21-42-35(47)6-3)43-36(48)16-22-44(26-31-14-7-9-17-38-31)27-32-15-8-10-18-39-32/h4-10,14-15,17-18H,1-3,11-13,16,19-30H2,(H,40,45)(H,41,46)(H,42,47)(H,43,48). The van der Waals surface area contributed by atoms with Crippen LogP contribution in [0.25, 0.3) is 0 Å². The maximum atomic E-state index is 13.7. The third kappa shape index (κ3) is 19.9. The Morgan fingerprint density at radius 2 is 1.08 bits per heavy atom. The Morgan fingerprint density at radius 3 is 1.43 bits per heavy atom. The van der Waals surface area contributed by atoms with E-state index in [1.165, 1.54) is 18.2 Å². The molecule has 4 amide bonds. The lowest BCUT2D eigenvalue weighted by atomic mass is 10.0. The number of amides is 4. The average molecular weight is 708 g/mol. The predicted octanol–water partition coefficient (Wildman–Crippen LogP) is 1.85. The molecule has 278 valence electrons. The minimum Gasteiger partial charge on any atom is -0.379 e. The zero-order chi connectivity index (χ0) is 37.0. The summed E-state index contributed by atoms with van der Waals surface area (Å²) in [5, 5.41) is 11.3. The van der Waals surface area contributed by atoms with Crippen LogP contribution in [0.1, 0.15) is 37.1 Å². The van der Waals surface area contributed by atoms with Crippen LogP contribution in [-0.2, 0) is 46.5 Å². The molecule has 0 aromatic carbocycles. The average Bonchev–Trinajstić information content (AvgIpc) is 3.15. The van der Waals surface area contributed by atoms with E-state index >= 15 is 0 Å². The van der Waals surface area contributed by atoms with Crippen molar-refractivity contribution in [2.75, 3.05) is 65.8 Å². The quantitative estimate of drug-likeness (QED) is 0.0722. The molecule has 14 heteroatoms. The van der Waals surface area contributed by atoms with E-state index in [0.29, 0.717) is 78.4 Å². The van der Waals surface area contributed by atoms with E-state index in [2.05, 4.69) is 55.9 Å². The Morgan fingerprint density at radius 1 is 0.667 bits per heavy atom. The number of rotatable bonds is 29. The van der Waals surface area contributed by atoms with Crippen LogP contribution >= 0.6 is 0 Å². The van der Waals surface area contributed by atoms with Gasteiger partial charge in [-0.25, -0.2) is 0 Å². The zero-order valence-corrected chi connectivity index (χ0v) is 29.5. The highest BCUT2D eigenvalue weighted by molar-refractivity contribution is 5.87. The molecule has 0 fully saturated rings. The van der Waals surface area contributed by atoms with Gasteiger partial charge in [0, 0.05) is 77.9 Å². The van der Waals surface area contributed by atoms with Crippen LogP contribution in [0, 0.1) is 0 Å².